The lowest BCUT2D eigenvalue weighted by Gasteiger charge is -2.26. The molecule has 1 atom stereocenters. The smallest absolute Gasteiger partial charge is 0.410 e. The van der Waals surface area contributed by atoms with Gasteiger partial charge in [0.2, 0.25) is 5.91 Å². The number of hydrogen-bond acceptors (Lipinski definition) is 6. The molecule has 0 saturated carbocycles. The molecule has 2 amide bonds. The number of ether oxygens (including phenoxy) is 2. The van der Waals surface area contributed by atoms with Gasteiger partial charge in [0.1, 0.15) is 17.8 Å². The molecule has 0 spiro atoms. The Morgan fingerprint density at radius 3 is 2.25 bits per heavy atom. The Morgan fingerprint density at radius 2 is 1.69 bits per heavy atom. The van der Waals surface area contributed by atoms with Crippen molar-refractivity contribution in [3.05, 3.63) is 29.8 Å². The lowest BCUT2D eigenvalue weighted by molar-refractivity contribution is -0.160. The van der Waals surface area contributed by atoms with Gasteiger partial charge in [-0.05, 0) is 78.5 Å². The van der Waals surface area contributed by atoms with Crippen molar-refractivity contribution in [3.63, 3.8) is 0 Å². The summed E-state index contributed by atoms with van der Waals surface area (Å²) in [5.41, 5.74) is 0.228. The van der Waals surface area contributed by atoms with Gasteiger partial charge in [-0.2, -0.15) is 0 Å². The van der Waals surface area contributed by atoms with E-state index in [-0.39, 0.29) is 5.97 Å². The fraction of sp³-hybridized carbons (Fsp3) is 0.625. The van der Waals surface area contributed by atoms with Crippen LogP contribution in [-0.2, 0) is 25.5 Å². The van der Waals surface area contributed by atoms with Gasteiger partial charge in [0, 0.05) is 19.3 Å². The number of carbonyl (C=O) groups is 3. The van der Waals surface area contributed by atoms with Gasteiger partial charge in [-0.25, -0.2) is 4.79 Å². The third-order valence-corrected chi connectivity index (χ3v) is 4.33. The summed E-state index contributed by atoms with van der Waals surface area (Å²) in [6.45, 7) is 10.8. The number of rotatable bonds is 9. The average Bonchev–Trinajstić information content (AvgIpc) is 2.64. The normalized spacial score (nSPS) is 12.6. The van der Waals surface area contributed by atoms with E-state index >= 15 is 0 Å². The summed E-state index contributed by atoms with van der Waals surface area (Å²) in [6, 6.07) is 7.15. The second kappa shape index (κ2) is 11.9. The lowest BCUT2D eigenvalue weighted by atomic mass is 9.94. The Morgan fingerprint density at radius 1 is 1.06 bits per heavy atom. The van der Waals surface area contributed by atoms with Crippen molar-refractivity contribution in [2.45, 2.75) is 72.0 Å². The Hall–Kier alpha value is -2.61. The molecule has 0 radical (unpaired) electrons. The zero-order chi connectivity index (χ0) is 24.5. The minimum atomic E-state index is -0.612. The molecule has 0 fully saturated rings. The average molecular weight is 451 g/mol. The van der Waals surface area contributed by atoms with Crippen molar-refractivity contribution in [2.75, 3.05) is 25.5 Å². The van der Waals surface area contributed by atoms with E-state index in [0.29, 0.717) is 31.5 Å². The predicted molar refractivity (Wildman–Crippen MR) is 123 cm³/mol. The molecule has 0 aromatic heterocycles. The van der Waals surface area contributed by atoms with Gasteiger partial charge in [0.05, 0.1) is 5.92 Å². The van der Waals surface area contributed by atoms with E-state index < -0.39 is 35.7 Å². The maximum absolute atomic E-state index is 12.8. The van der Waals surface area contributed by atoms with Crippen LogP contribution in [0.4, 0.5) is 10.5 Å². The molecule has 0 heterocycles. The maximum atomic E-state index is 12.8. The topological polar surface area (TPSA) is 105 Å². The van der Waals surface area contributed by atoms with E-state index in [1.165, 1.54) is 4.90 Å². The molecule has 0 saturated heterocycles. The number of nitrogens with zero attached hydrogens (tertiary/aromatic N) is 1. The van der Waals surface area contributed by atoms with Crippen LogP contribution < -0.4 is 5.32 Å². The Balaban J connectivity index is 2.84. The van der Waals surface area contributed by atoms with E-state index in [2.05, 4.69) is 5.32 Å². The van der Waals surface area contributed by atoms with Crippen LogP contribution in [0.2, 0.25) is 0 Å². The summed E-state index contributed by atoms with van der Waals surface area (Å²) in [4.78, 5) is 37.9. The number of aliphatic hydroxyl groups excluding tert-OH is 1. The Bertz CT molecular complexity index is 779. The summed E-state index contributed by atoms with van der Waals surface area (Å²) in [5, 5.41) is 11.5. The molecule has 1 aromatic carbocycles. The maximum Gasteiger partial charge on any atom is 0.410 e. The number of hydrogen-bond donors (Lipinski definition) is 2. The molecule has 0 bridgehead atoms. The number of benzene rings is 1. The largest absolute Gasteiger partial charge is 0.460 e. The van der Waals surface area contributed by atoms with Gasteiger partial charge < -0.3 is 24.8 Å². The van der Waals surface area contributed by atoms with E-state index in [0.717, 1.165) is 5.56 Å². The van der Waals surface area contributed by atoms with Crippen LogP contribution >= 0.6 is 0 Å². The van der Waals surface area contributed by atoms with Crippen LogP contribution in [-0.4, -0.2) is 59.4 Å². The monoisotopic (exact) mass is 450 g/mol. The summed E-state index contributed by atoms with van der Waals surface area (Å²) >= 11 is 0. The van der Waals surface area contributed by atoms with Crippen molar-refractivity contribution in [1.82, 2.24) is 4.90 Å². The van der Waals surface area contributed by atoms with Crippen LogP contribution in [0.25, 0.3) is 0 Å². The van der Waals surface area contributed by atoms with Crippen LogP contribution in [0, 0.1) is 5.92 Å². The Labute approximate surface area is 191 Å². The van der Waals surface area contributed by atoms with E-state index in [9.17, 15) is 14.4 Å². The minimum Gasteiger partial charge on any atom is -0.460 e. The molecule has 2 N–H and O–H groups in total. The predicted octanol–water partition coefficient (Wildman–Crippen LogP) is 3.76. The zero-order valence-corrected chi connectivity index (χ0v) is 20.4. The first-order chi connectivity index (χ1) is 14.7. The molecule has 32 heavy (non-hydrogen) atoms. The molecule has 0 aliphatic carbocycles. The van der Waals surface area contributed by atoms with Crippen LogP contribution in [0.5, 0.6) is 0 Å². The van der Waals surface area contributed by atoms with Crippen LogP contribution in [0.15, 0.2) is 24.3 Å². The van der Waals surface area contributed by atoms with Crippen molar-refractivity contribution < 1.29 is 29.0 Å². The number of esters is 1. The fourth-order valence-electron chi connectivity index (χ4n) is 2.96. The first kappa shape index (κ1) is 27.4. The van der Waals surface area contributed by atoms with Gasteiger partial charge in [-0.1, -0.05) is 12.1 Å². The molecule has 1 rings (SSSR count). The van der Waals surface area contributed by atoms with Gasteiger partial charge >= 0.3 is 12.1 Å². The third kappa shape index (κ3) is 11.1. The molecule has 180 valence electrons. The first-order valence-corrected chi connectivity index (χ1v) is 10.9. The second-order valence-electron chi connectivity index (χ2n) is 9.89. The summed E-state index contributed by atoms with van der Waals surface area (Å²) in [6.07, 6.45) is 1.14. The lowest BCUT2D eigenvalue weighted by Crippen LogP contribution is -2.35. The number of anilines is 1. The highest BCUT2D eigenvalue weighted by Crippen LogP contribution is 2.22. The van der Waals surface area contributed by atoms with Gasteiger partial charge in [-0.15, -0.1) is 0 Å². The summed E-state index contributed by atoms with van der Waals surface area (Å²) in [7, 11) is 1.67. The highest BCUT2D eigenvalue weighted by Gasteiger charge is 2.26. The number of carbonyl (C=O) groups excluding carboxylic acids is 3. The second-order valence-corrected chi connectivity index (χ2v) is 9.89. The molecule has 1 aromatic rings. The highest BCUT2D eigenvalue weighted by molar-refractivity contribution is 5.91. The number of aliphatic hydroxyl groups is 1. The quantitative estimate of drug-likeness (QED) is 0.555. The van der Waals surface area contributed by atoms with Crippen molar-refractivity contribution >= 4 is 23.7 Å². The first-order valence-electron chi connectivity index (χ1n) is 10.9. The molecule has 8 nitrogen and oxygen atoms in total. The number of nitrogens with one attached hydrogen (secondary N) is 1. The van der Waals surface area contributed by atoms with Gasteiger partial charge in [0.25, 0.3) is 0 Å². The summed E-state index contributed by atoms with van der Waals surface area (Å²) < 4.78 is 11.0. The van der Waals surface area contributed by atoms with E-state index in [4.69, 9.17) is 14.6 Å². The molecule has 1 unspecified atom stereocenters. The zero-order valence-electron chi connectivity index (χ0n) is 20.4. The Kier molecular flexibility index (Phi) is 10.2. The molecular weight excluding hydrogens is 412 g/mol. The molecule has 0 aliphatic heterocycles. The highest BCUT2D eigenvalue weighted by atomic mass is 16.6. The van der Waals surface area contributed by atoms with Crippen molar-refractivity contribution in [1.29, 1.82) is 0 Å². The van der Waals surface area contributed by atoms with Crippen LogP contribution in [0.3, 0.4) is 0 Å². The molecular formula is C24H38N2O6. The number of amides is 2. The van der Waals surface area contributed by atoms with Crippen molar-refractivity contribution in [2.24, 2.45) is 5.92 Å². The third-order valence-electron chi connectivity index (χ3n) is 4.33. The van der Waals surface area contributed by atoms with E-state index in [1.807, 2.05) is 47.6 Å². The van der Waals surface area contributed by atoms with Gasteiger partial charge in [0.15, 0.2) is 0 Å². The molecule has 8 heteroatoms. The van der Waals surface area contributed by atoms with Crippen LogP contribution in [0.1, 0.15) is 59.9 Å². The SMILES string of the molecule is CN(CCCC(Cc1cccc(NC(=O)CO)c1)C(=O)OC(C)(C)C)C(=O)OC(C)(C)C. The standard InChI is InChI=1S/C24H38N2O6/c1-23(2,3)31-21(29)18(11-9-13-26(7)22(30)32-24(4,5)6)14-17-10-8-12-19(15-17)25-20(28)16-27/h8,10,12,15,18,27H,9,11,13-14,16H2,1-7H3,(H,25,28). The van der Waals surface area contributed by atoms with Gasteiger partial charge in [-0.3, -0.25) is 9.59 Å². The van der Waals surface area contributed by atoms with Crippen molar-refractivity contribution in [3.8, 4) is 0 Å². The molecule has 0 aliphatic rings. The van der Waals surface area contributed by atoms with E-state index in [1.54, 1.807) is 25.2 Å². The fourth-order valence-corrected chi connectivity index (χ4v) is 2.96. The summed E-state index contributed by atoms with van der Waals surface area (Å²) in [5.74, 6) is -1.22. The minimum absolute atomic E-state index is 0.304.